The van der Waals surface area contributed by atoms with Gasteiger partial charge in [-0.05, 0) is 48.5 Å². The molecule has 0 radical (unpaired) electrons. The van der Waals surface area contributed by atoms with Crippen molar-refractivity contribution in [3.05, 3.63) is 121 Å². The van der Waals surface area contributed by atoms with Gasteiger partial charge in [-0.1, -0.05) is 66.7 Å². The van der Waals surface area contributed by atoms with Gasteiger partial charge in [0.2, 0.25) is 0 Å². The highest BCUT2D eigenvalue weighted by atomic mass is 79.9. The Morgan fingerprint density at radius 2 is 1.06 bits per heavy atom. The number of benzene rings is 4. The Balaban J connectivity index is 0.00000289. The quantitative estimate of drug-likeness (QED) is 0.162. The highest BCUT2D eigenvalue weighted by molar-refractivity contribution is 8.93. The van der Waals surface area contributed by atoms with Gasteiger partial charge >= 0.3 is 0 Å². The zero-order valence-corrected chi connectivity index (χ0v) is 20.4. The van der Waals surface area contributed by atoms with E-state index in [4.69, 9.17) is 4.74 Å². The molecule has 0 N–H and O–H groups in total. The Kier molecular flexibility index (Phi) is 8.79. The average Bonchev–Trinajstić information content (AvgIpc) is 2.86. The van der Waals surface area contributed by atoms with Crippen LogP contribution in [0, 0.1) is 0 Å². The van der Waals surface area contributed by atoms with Crippen molar-refractivity contribution in [3.63, 3.8) is 0 Å². The summed E-state index contributed by atoms with van der Waals surface area (Å²) >= 11 is 0. The maximum Gasteiger partial charge on any atom is 0.153 e. The predicted molar refractivity (Wildman–Crippen MR) is 142 cm³/mol. The van der Waals surface area contributed by atoms with Crippen LogP contribution in [0.2, 0.25) is 0 Å². The largest absolute Gasteiger partial charge is 0.493 e. The van der Waals surface area contributed by atoms with Crippen LogP contribution in [0.25, 0.3) is 0 Å². The Morgan fingerprint density at radius 1 is 0.625 bits per heavy atom. The number of hydrogen-bond acceptors (Lipinski definition) is 2. The molecule has 0 unspecified atom stereocenters. The van der Waals surface area contributed by atoms with Crippen LogP contribution in [0.3, 0.4) is 0 Å². The summed E-state index contributed by atoms with van der Waals surface area (Å²) in [7, 11) is -1.84. The highest BCUT2D eigenvalue weighted by Gasteiger charge is 2.44. The van der Waals surface area contributed by atoms with Gasteiger partial charge in [-0.15, -0.1) is 17.0 Å². The molecule has 162 valence electrons. The smallest absolute Gasteiger partial charge is 0.153 e. The lowest BCUT2D eigenvalue weighted by Gasteiger charge is -2.27. The third-order valence-corrected chi connectivity index (χ3v) is 10.1. The Hall–Kier alpha value is -2.74. The summed E-state index contributed by atoms with van der Waals surface area (Å²) in [4.78, 5) is 11.3. The number of rotatable bonds is 9. The van der Waals surface area contributed by atoms with Crippen molar-refractivity contribution in [2.24, 2.45) is 0 Å². The van der Waals surface area contributed by atoms with Gasteiger partial charge in [0, 0.05) is 6.42 Å². The molecular formula is C28H27BrO2P+. The van der Waals surface area contributed by atoms with Crippen LogP contribution in [-0.4, -0.2) is 19.1 Å². The minimum Gasteiger partial charge on any atom is -0.493 e. The summed E-state index contributed by atoms with van der Waals surface area (Å²) < 4.78 is 6.02. The topological polar surface area (TPSA) is 26.3 Å². The summed E-state index contributed by atoms with van der Waals surface area (Å²) in [6, 6.07) is 40.0. The number of halogens is 1. The lowest BCUT2D eigenvalue weighted by Crippen LogP contribution is -2.33. The first-order valence-corrected chi connectivity index (χ1v) is 12.5. The maximum absolute atomic E-state index is 11.3. The molecule has 0 spiro atoms. The van der Waals surface area contributed by atoms with Crippen LogP contribution < -0.4 is 20.7 Å². The normalized spacial score (nSPS) is 10.8. The Labute approximate surface area is 201 Å². The van der Waals surface area contributed by atoms with E-state index in [1.54, 1.807) is 6.07 Å². The average molecular weight is 506 g/mol. The van der Waals surface area contributed by atoms with Crippen LogP contribution in [0.5, 0.6) is 5.75 Å². The zero-order chi connectivity index (χ0) is 21.4. The SMILES string of the molecule is Br.O=Cc1ccccc1OCCC[P+](c1ccccc1)(c1ccccc1)c1ccccc1. The van der Waals surface area contributed by atoms with E-state index in [0.29, 0.717) is 17.9 Å². The molecule has 0 amide bonds. The predicted octanol–water partition coefficient (Wildman–Crippen LogP) is 5.84. The molecule has 0 atom stereocenters. The van der Waals surface area contributed by atoms with E-state index in [2.05, 4.69) is 91.0 Å². The van der Waals surface area contributed by atoms with Crippen molar-refractivity contribution in [2.45, 2.75) is 6.42 Å². The molecule has 0 heterocycles. The van der Waals surface area contributed by atoms with Crippen molar-refractivity contribution >= 4 is 46.4 Å². The standard InChI is InChI=1S/C28H26O2P.BrH/c29-23-24-13-10-11-20-28(24)30-21-12-22-31(25-14-4-1-5-15-25,26-16-6-2-7-17-26)27-18-8-3-9-19-27;/h1-11,13-20,23H,12,21-22H2;1H/q+1;. The fourth-order valence-electron chi connectivity index (χ4n) is 4.08. The number of carbonyl (C=O) groups excluding carboxylic acids is 1. The summed E-state index contributed by atoms with van der Waals surface area (Å²) in [5, 5.41) is 4.13. The van der Waals surface area contributed by atoms with Crippen LogP contribution in [0.1, 0.15) is 16.8 Å². The lowest BCUT2D eigenvalue weighted by molar-refractivity contribution is 0.111. The van der Waals surface area contributed by atoms with Gasteiger partial charge in [-0.25, -0.2) is 0 Å². The third kappa shape index (κ3) is 5.18. The Bertz CT molecular complexity index is 1010. The van der Waals surface area contributed by atoms with Crippen LogP contribution in [-0.2, 0) is 0 Å². The van der Waals surface area contributed by atoms with E-state index < -0.39 is 7.26 Å². The second-order valence-electron chi connectivity index (χ2n) is 7.40. The molecule has 0 fully saturated rings. The molecule has 0 aliphatic carbocycles. The van der Waals surface area contributed by atoms with E-state index >= 15 is 0 Å². The van der Waals surface area contributed by atoms with Crippen molar-refractivity contribution in [1.29, 1.82) is 0 Å². The van der Waals surface area contributed by atoms with Gasteiger partial charge in [0.15, 0.2) is 6.29 Å². The van der Waals surface area contributed by atoms with Crippen LogP contribution in [0.15, 0.2) is 115 Å². The molecular weight excluding hydrogens is 479 g/mol. The molecule has 0 bridgehead atoms. The molecule has 0 aliphatic heterocycles. The summed E-state index contributed by atoms with van der Waals surface area (Å²) in [6.45, 7) is 0.569. The van der Waals surface area contributed by atoms with Crippen molar-refractivity contribution in [3.8, 4) is 5.75 Å². The minimum absolute atomic E-state index is 0. The highest BCUT2D eigenvalue weighted by Crippen LogP contribution is 2.55. The molecule has 0 aliphatic rings. The van der Waals surface area contributed by atoms with Crippen molar-refractivity contribution < 1.29 is 9.53 Å². The van der Waals surface area contributed by atoms with E-state index in [9.17, 15) is 4.79 Å². The summed E-state index contributed by atoms with van der Waals surface area (Å²) in [5.74, 6) is 0.653. The Morgan fingerprint density at radius 3 is 1.53 bits per heavy atom. The van der Waals surface area contributed by atoms with Gasteiger partial charge in [0.1, 0.15) is 28.9 Å². The molecule has 0 saturated heterocycles. The molecule has 32 heavy (non-hydrogen) atoms. The summed E-state index contributed by atoms with van der Waals surface area (Å²) in [6.07, 6.45) is 2.73. The first-order valence-electron chi connectivity index (χ1n) is 10.6. The third-order valence-electron chi connectivity index (χ3n) is 5.53. The van der Waals surface area contributed by atoms with Gasteiger partial charge in [0.25, 0.3) is 0 Å². The lowest BCUT2D eigenvalue weighted by atomic mass is 10.2. The number of hydrogen-bond donors (Lipinski definition) is 0. The monoisotopic (exact) mass is 505 g/mol. The molecule has 0 aromatic heterocycles. The number of carbonyl (C=O) groups is 1. The van der Waals surface area contributed by atoms with Gasteiger partial charge in [0.05, 0.1) is 18.3 Å². The van der Waals surface area contributed by atoms with Gasteiger partial charge in [-0.3, -0.25) is 4.79 Å². The molecule has 4 rings (SSSR count). The van der Waals surface area contributed by atoms with E-state index in [1.807, 2.05) is 18.2 Å². The number of ether oxygens (including phenoxy) is 1. The van der Waals surface area contributed by atoms with Crippen molar-refractivity contribution in [2.75, 3.05) is 12.8 Å². The first-order chi connectivity index (χ1) is 15.3. The fraction of sp³-hybridized carbons (Fsp3) is 0.107. The number of para-hydroxylation sites is 1. The first kappa shape index (κ1) is 23.9. The molecule has 4 heteroatoms. The molecule has 4 aromatic rings. The van der Waals surface area contributed by atoms with E-state index in [-0.39, 0.29) is 17.0 Å². The fourth-order valence-corrected chi connectivity index (χ4v) is 8.39. The summed E-state index contributed by atoms with van der Waals surface area (Å²) in [5.41, 5.74) is 0.595. The van der Waals surface area contributed by atoms with Gasteiger partial charge in [-0.2, -0.15) is 0 Å². The van der Waals surface area contributed by atoms with Gasteiger partial charge < -0.3 is 4.74 Å². The van der Waals surface area contributed by atoms with E-state index in [1.165, 1.54) is 15.9 Å². The second kappa shape index (κ2) is 11.8. The van der Waals surface area contributed by atoms with E-state index in [0.717, 1.165) is 18.9 Å². The minimum atomic E-state index is -1.84. The molecule has 0 saturated carbocycles. The molecule has 2 nitrogen and oxygen atoms in total. The second-order valence-corrected chi connectivity index (χ2v) is 11.0. The van der Waals surface area contributed by atoms with Crippen molar-refractivity contribution in [1.82, 2.24) is 0 Å². The van der Waals surface area contributed by atoms with Crippen LogP contribution in [0.4, 0.5) is 0 Å². The van der Waals surface area contributed by atoms with Crippen LogP contribution >= 0.6 is 24.2 Å². The maximum atomic E-state index is 11.3. The number of aldehydes is 1. The zero-order valence-electron chi connectivity index (χ0n) is 17.8. The molecule has 4 aromatic carbocycles.